The van der Waals surface area contributed by atoms with Gasteiger partial charge in [-0.2, -0.15) is 0 Å². The lowest BCUT2D eigenvalue weighted by Crippen LogP contribution is -2.29. The Morgan fingerprint density at radius 2 is 1.55 bits per heavy atom. The van der Waals surface area contributed by atoms with Crippen molar-refractivity contribution >= 4 is 11.9 Å². The van der Waals surface area contributed by atoms with Crippen LogP contribution in [0.3, 0.4) is 0 Å². The molecule has 1 atom stereocenters. The Balaban J connectivity index is 3.54. The normalized spacial score (nSPS) is 15.5. The van der Waals surface area contributed by atoms with Gasteiger partial charge in [-0.3, -0.25) is 4.72 Å². The topological polar surface area (TPSA) is 12.0 Å². The van der Waals surface area contributed by atoms with Gasteiger partial charge in [-0.15, -0.1) is 0 Å². The minimum atomic E-state index is 0.323. The minimum Gasteiger partial charge on any atom is -0.261 e. The van der Waals surface area contributed by atoms with Gasteiger partial charge in [0.15, 0.2) is 0 Å². The standard InChI is InChI=1S/C9H21NS/c1-7(2)8(3)10-11-9(4,5)6/h7-8,10H,1-6H3/t8-/m0/s1. The van der Waals surface area contributed by atoms with E-state index in [9.17, 15) is 0 Å². The third-order valence-electron chi connectivity index (χ3n) is 1.55. The molecule has 1 N–H and O–H groups in total. The molecule has 0 aromatic heterocycles. The van der Waals surface area contributed by atoms with Gasteiger partial charge in [0.05, 0.1) is 0 Å². The Labute approximate surface area is 75.5 Å². The summed E-state index contributed by atoms with van der Waals surface area (Å²) in [5.41, 5.74) is 0. The summed E-state index contributed by atoms with van der Waals surface area (Å²) in [7, 11) is 0. The smallest absolute Gasteiger partial charge is 0.0220 e. The lowest BCUT2D eigenvalue weighted by molar-refractivity contribution is 0.499. The average Bonchev–Trinajstić information content (AvgIpc) is 1.80. The molecule has 0 aromatic carbocycles. The fraction of sp³-hybridized carbons (Fsp3) is 1.00. The lowest BCUT2D eigenvalue weighted by Gasteiger charge is -2.23. The highest BCUT2D eigenvalue weighted by atomic mass is 32.2. The van der Waals surface area contributed by atoms with E-state index >= 15 is 0 Å². The van der Waals surface area contributed by atoms with Crippen LogP contribution in [0.5, 0.6) is 0 Å². The fourth-order valence-electron chi connectivity index (χ4n) is 0.406. The molecule has 0 spiro atoms. The quantitative estimate of drug-likeness (QED) is 0.662. The van der Waals surface area contributed by atoms with Crippen molar-refractivity contribution in [2.24, 2.45) is 5.92 Å². The van der Waals surface area contributed by atoms with Crippen LogP contribution in [0.15, 0.2) is 0 Å². The Bertz CT molecular complexity index is 105. The van der Waals surface area contributed by atoms with E-state index in [0.717, 1.165) is 0 Å². The summed E-state index contributed by atoms with van der Waals surface area (Å²) in [5.74, 6) is 0.713. The van der Waals surface area contributed by atoms with Crippen molar-refractivity contribution in [1.29, 1.82) is 0 Å². The second-order valence-corrected chi connectivity index (χ2v) is 6.03. The first kappa shape index (κ1) is 11.3. The molecule has 11 heavy (non-hydrogen) atoms. The summed E-state index contributed by atoms with van der Waals surface area (Å²) in [4.78, 5) is 0. The molecule has 0 aliphatic heterocycles. The summed E-state index contributed by atoms with van der Waals surface area (Å²) in [6.45, 7) is 13.4. The maximum Gasteiger partial charge on any atom is 0.0220 e. The Hall–Kier alpha value is 0.310. The average molecular weight is 175 g/mol. The third kappa shape index (κ3) is 6.70. The highest BCUT2D eigenvalue weighted by Gasteiger charge is 2.13. The van der Waals surface area contributed by atoms with Crippen molar-refractivity contribution in [2.75, 3.05) is 0 Å². The Kier molecular flexibility index (Phi) is 4.49. The molecule has 0 saturated heterocycles. The number of hydrogen-bond donors (Lipinski definition) is 1. The van der Waals surface area contributed by atoms with Gasteiger partial charge in [0.1, 0.15) is 0 Å². The van der Waals surface area contributed by atoms with Crippen LogP contribution < -0.4 is 4.72 Å². The van der Waals surface area contributed by atoms with E-state index < -0.39 is 0 Å². The molecule has 0 fully saturated rings. The van der Waals surface area contributed by atoms with Gasteiger partial charge in [-0.25, -0.2) is 0 Å². The molecule has 0 radical (unpaired) electrons. The zero-order valence-electron chi connectivity index (χ0n) is 8.56. The maximum atomic E-state index is 3.44. The molecule has 0 aromatic rings. The monoisotopic (exact) mass is 175 g/mol. The molecule has 68 valence electrons. The molecule has 0 aliphatic carbocycles. The fourth-order valence-corrected chi connectivity index (χ4v) is 1.22. The van der Waals surface area contributed by atoms with Crippen molar-refractivity contribution in [2.45, 2.75) is 52.3 Å². The van der Waals surface area contributed by atoms with Crippen LogP contribution >= 0.6 is 11.9 Å². The molecular formula is C9H21NS. The summed E-state index contributed by atoms with van der Waals surface area (Å²) in [6.07, 6.45) is 0. The number of rotatable bonds is 3. The molecule has 0 unspecified atom stereocenters. The molecular weight excluding hydrogens is 154 g/mol. The molecule has 0 rings (SSSR count). The molecule has 0 aliphatic rings. The highest BCUT2D eigenvalue weighted by Crippen LogP contribution is 2.21. The minimum absolute atomic E-state index is 0.323. The van der Waals surface area contributed by atoms with E-state index in [4.69, 9.17) is 0 Å². The van der Waals surface area contributed by atoms with E-state index in [-0.39, 0.29) is 0 Å². The van der Waals surface area contributed by atoms with E-state index in [1.54, 1.807) is 0 Å². The van der Waals surface area contributed by atoms with Crippen molar-refractivity contribution in [1.82, 2.24) is 4.72 Å². The first-order valence-electron chi connectivity index (χ1n) is 4.26. The second-order valence-electron chi connectivity index (χ2n) is 4.36. The van der Waals surface area contributed by atoms with E-state index in [2.05, 4.69) is 46.3 Å². The van der Waals surface area contributed by atoms with E-state index in [0.29, 0.717) is 16.7 Å². The molecule has 0 bridgehead atoms. The summed E-state index contributed by atoms with van der Waals surface area (Å²) in [5, 5.41) is 0. The first-order chi connectivity index (χ1) is 4.83. The van der Waals surface area contributed by atoms with Crippen LogP contribution in [-0.4, -0.2) is 10.8 Å². The van der Waals surface area contributed by atoms with E-state index in [1.165, 1.54) is 0 Å². The molecule has 0 heterocycles. The third-order valence-corrected chi connectivity index (χ3v) is 2.65. The maximum absolute atomic E-state index is 3.44. The van der Waals surface area contributed by atoms with Crippen molar-refractivity contribution < 1.29 is 0 Å². The van der Waals surface area contributed by atoms with Crippen LogP contribution in [-0.2, 0) is 0 Å². The zero-order chi connectivity index (χ0) is 9.07. The molecule has 0 saturated carbocycles. The van der Waals surface area contributed by atoms with Gasteiger partial charge in [0.25, 0.3) is 0 Å². The van der Waals surface area contributed by atoms with Crippen LogP contribution in [0.2, 0.25) is 0 Å². The summed E-state index contributed by atoms with van der Waals surface area (Å²) >= 11 is 1.82. The van der Waals surface area contributed by atoms with Gasteiger partial charge in [-0.05, 0) is 33.6 Å². The molecule has 1 nitrogen and oxygen atoms in total. The SMILES string of the molecule is CC(C)[C@H](C)NSC(C)(C)C. The molecule has 0 amide bonds. The van der Waals surface area contributed by atoms with Crippen LogP contribution in [0.4, 0.5) is 0 Å². The highest BCUT2D eigenvalue weighted by molar-refractivity contribution is 7.98. The van der Waals surface area contributed by atoms with Crippen molar-refractivity contribution in [3.63, 3.8) is 0 Å². The van der Waals surface area contributed by atoms with Gasteiger partial charge in [0, 0.05) is 10.8 Å². The Morgan fingerprint density at radius 1 is 1.09 bits per heavy atom. The largest absolute Gasteiger partial charge is 0.261 e. The summed E-state index contributed by atoms with van der Waals surface area (Å²) < 4.78 is 3.76. The van der Waals surface area contributed by atoms with Gasteiger partial charge < -0.3 is 0 Å². The predicted molar refractivity (Wildman–Crippen MR) is 54.8 cm³/mol. The predicted octanol–water partition coefficient (Wildman–Crippen LogP) is 3.07. The van der Waals surface area contributed by atoms with Crippen molar-refractivity contribution in [3.05, 3.63) is 0 Å². The van der Waals surface area contributed by atoms with E-state index in [1.807, 2.05) is 11.9 Å². The van der Waals surface area contributed by atoms with Crippen LogP contribution in [0.1, 0.15) is 41.5 Å². The van der Waals surface area contributed by atoms with Crippen molar-refractivity contribution in [3.8, 4) is 0 Å². The molecule has 2 heteroatoms. The van der Waals surface area contributed by atoms with Crippen LogP contribution in [0, 0.1) is 5.92 Å². The van der Waals surface area contributed by atoms with Gasteiger partial charge >= 0.3 is 0 Å². The lowest BCUT2D eigenvalue weighted by atomic mass is 10.1. The van der Waals surface area contributed by atoms with Gasteiger partial charge in [0.2, 0.25) is 0 Å². The number of nitrogens with one attached hydrogen (secondary N) is 1. The first-order valence-corrected chi connectivity index (χ1v) is 5.08. The zero-order valence-corrected chi connectivity index (χ0v) is 9.38. The van der Waals surface area contributed by atoms with Gasteiger partial charge in [-0.1, -0.05) is 25.8 Å². The summed E-state index contributed by atoms with van der Waals surface area (Å²) in [6, 6.07) is 0.597. The number of hydrogen-bond acceptors (Lipinski definition) is 2. The Morgan fingerprint density at radius 3 is 1.82 bits per heavy atom. The second kappa shape index (κ2) is 4.36. The van der Waals surface area contributed by atoms with Crippen LogP contribution in [0.25, 0.3) is 0 Å².